The highest BCUT2D eigenvalue weighted by molar-refractivity contribution is 9.12. The lowest BCUT2D eigenvalue weighted by Crippen LogP contribution is -2.52. The number of Topliss-reactive ketones (excluding diaryl/α,β-unsaturated/α-hetero) is 1. The molecule has 0 spiro atoms. The van der Waals surface area contributed by atoms with Gasteiger partial charge >= 0.3 is 5.97 Å². The molecular weight excluding hydrogens is 760 g/mol. The number of nitrogens with zero attached hydrogens (tertiary/aromatic N) is 2. The number of esters is 1. The van der Waals surface area contributed by atoms with E-state index in [0.717, 1.165) is 14.5 Å². The Labute approximate surface area is 271 Å². The van der Waals surface area contributed by atoms with Crippen LogP contribution in [0.15, 0.2) is 77.3 Å². The van der Waals surface area contributed by atoms with E-state index >= 15 is 0 Å². The Kier molecular flexibility index (Phi) is 9.31. The number of ketones is 1. The number of fused-ring (bicyclic) bond motifs is 1. The van der Waals surface area contributed by atoms with E-state index in [0.29, 0.717) is 18.4 Å². The molecule has 0 N–H and O–H groups in total. The van der Waals surface area contributed by atoms with Gasteiger partial charge in [-0.15, -0.1) is 0 Å². The van der Waals surface area contributed by atoms with Crippen molar-refractivity contribution in [3.63, 3.8) is 0 Å². The van der Waals surface area contributed by atoms with E-state index in [2.05, 4.69) is 47.8 Å². The molecule has 1 saturated carbocycles. The Balaban J connectivity index is 1.38. The minimum Gasteiger partial charge on any atom is -0.423 e. The highest BCUT2D eigenvalue weighted by Crippen LogP contribution is 2.44. The summed E-state index contributed by atoms with van der Waals surface area (Å²) in [5.41, 5.74) is 0.590. The van der Waals surface area contributed by atoms with Gasteiger partial charge in [-0.2, -0.15) is 5.01 Å². The van der Waals surface area contributed by atoms with Crippen molar-refractivity contribution in [3.05, 3.63) is 99.0 Å². The van der Waals surface area contributed by atoms with Crippen LogP contribution in [-0.4, -0.2) is 55.7 Å². The Hall–Kier alpha value is -2.86. The van der Waals surface area contributed by atoms with Crippen LogP contribution in [0.2, 0.25) is 5.02 Å². The van der Waals surface area contributed by atoms with Crippen LogP contribution in [0.1, 0.15) is 43.9 Å². The smallest absolute Gasteiger partial charge is 0.343 e. The fourth-order valence-electron chi connectivity index (χ4n) is 5.01. The minimum atomic E-state index is -0.750. The maximum absolute atomic E-state index is 13.7. The molecule has 216 valence electrons. The Morgan fingerprint density at radius 2 is 1.38 bits per heavy atom. The van der Waals surface area contributed by atoms with Crippen molar-refractivity contribution in [2.45, 2.75) is 22.5 Å². The van der Waals surface area contributed by atoms with Gasteiger partial charge in [0.2, 0.25) is 0 Å². The van der Waals surface area contributed by atoms with Crippen LogP contribution in [0, 0.1) is 11.8 Å². The van der Waals surface area contributed by atoms with Gasteiger partial charge in [-0.05, 0) is 73.5 Å². The number of carbonyl (C=O) groups excluding carboxylic acids is 5. The van der Waals surface area contributed by atoms with Crippen molar-refractivity contribution in [3.8, 4) is 5.75 Å². The molecule has 12 heteroatoms. The number of rotatable bonds is 7. The van der Waals surface area contributed by atoms with E-state index in [1.165, 1.54) is 36.4 Å². The van der Waals surface area contributed by atoms with Crippen LogP contribution >= 0.6 is 59.4 Å². The number of ether oxygens (including phenoxy) is 1. The van der Waals surface area contributed by atoms with E-state index in [1.54, 1.807) is 36.4 Å². The fraction of sp³-hybridized carbons (Fsp3) is 0.233. The number of hydrogen-bond donors (Lipinski definition) is 0. The molecule has 0 aromatic heterocycles. The van der Waals surface area contributed by atoms with Gasteiger partial charge in [-0.3, -0.25) is 19.2 Å². The molecule has 5 rings (SSSR count). The molecule has 3 aromatic carbocycles. The maximum Gasteiger partial charge on any atom is 0.343 e. The van der Waals surface area contributed by atoms with Crippen LogP contribution in [0.25, 0.3) is 0 Å². The quantitative estimate of drug-likeness (QED) is 0.0895. The minimum absolute atomic E-state index is 0.0267. The molecule has 1 saturated heterocycles. The number of imide groups is 1. The molecule has 8 nitrogen and oxygen atoms in total. The summed E-state index contributed by atoms with van der Waals surface area (Å²) in [6.45, 7) is -0.589. The zero-order chi connectivity index (χ0) is 30.1. The lowest BCUT2D eigenvalue weighted by atomic mass is 9.81. The Morgan fingerprint density at radius 3 is 1.95 bits per heavy atom. The molecule has 2 fully saturated rings. The molecule has 1 aliphatic heterocycles. The number of amides is 3. The summed E-state index contributed by atoms with van der Waals surface area (Å²) in [4.78, 5) is 66.7. The zero-order valence-electron chi connectivity index (χ0n) is 21.7. The van der Waals surface area contributed by atoms with Crippen molar-refractivity contribution in [2.75, 3.05) is 6.54 Å². The molecule has 0 radical (unpaired) electrons. The standard InChI is InChI=1S/C30H22Br3ClN2O6/c31-18-9-5-17(6-10-18)30(41)42-19-11-7-16(8-12-19)26(37)15-35(27(38)20-3-1-2-4-25(20)34)36-28(39)21-13-23(32)24(33)14-22(21)29(36)40/h1-12,21-24H,13-15H2/t21-,22+,23-,24-/m0/s1. The summed E-state index contributed by atoms with van der Waals surface area (Å²) in [6.07, 6.45) is 0.814. The third-order valence-corrected chi connectivity index (χ3v) is 10.8. The highest BCUT2D eigenvalue weighted by atomic mass is 79.9. The van der Waals surface area contributed by atoms with Crippen molar-refractivity contribution in [2.24, 2.45) is 11.8 Å². The van der Waals surface area contributed by atoms with Gasteiger partial charge in [0.05, 0.1) is 28.0 Å². The molecule has 1 aliphatic carbocycles. The maximum atomic E-state index is 13.7. The second-order valence-corrected chi connectivity index (χ2v) is 13.6. The van der Waals surface area contributed by atoms with Crippen molar-refractivity contribution in [1.29, 1.82) is 0 Å². The summed E-state index contributed by atoms with van der Waals surface area (Å²) in [5, 5.41) is 1.83. The first-order chi connectivity index (χ1) is 20.0. The first-order valence-electron chi connectivity index (χ1n) is 12.9. The number of carbonyl (C=O) groups is 5. The number of halogens is 4. The molecule has 0 unspecified atom stereocenters. The molecule has 2 aliphatic rings. The predicted molar refractivity (Wildman–Crippen MR) is 166 cm³/mol. The molecule has 3 amide bonds. The summed E-state index contributed by atoms with van der Waals surface area (Å²) in [5.74, 6) is -3.93. The average Bonchev–Trinajstić information content (AvgIpc) is 3.20. The molecule has 4 atom stereocenters. The summed E-state index contributed by atoms with van der Waals surface area (Å²) < 4.78 is 6.22. The topological polar surface area (TPSA) is 101 Å². The normalized spacial score (nSPS) is 21.6. The van der Waals surface area contributed by atoms with Gasteiger partial charge in [-0.25, -0.2) is 9.80 Å². The zero-order valence-corrected chi connectivity index (χ0v) is 27.2. The predicted octanol–water partition coefficient (Wildman–Crippen LogP) is 6.48. The van der Waals surface area contributed by atoms with Gasteiger partial charge in [0.15, 0.2) is 5.78 Å². The third kappa shape index (κ3) is 6.24. The van der Waals surface area contributed by atoms with Crippen molar-refractivity contribution in [1.82, 2.24) is 10.0 Å². The fourth-order valence-corrected chi connectivity index (χ4v) is 6.73. The number of hydrazine groups is 1. The van der Waals surface area contributed by atoms with E-state index in [1.807, 2.05) is 0 Å². The van der Waals surface area contributed by atoms with Crippen LogP contribution in [0.4, 0.5) is 0 Å². The van der Waals surface area contributed by atoms with Gasteiger partial charge in [0.1, 0.15) is 12.3 Å². The summed E-state index contributed by atoms with van der Waals surface area (Å²) in [6, 6.07) is 18.7. The molecule has 3 aromatic rings. The molecule has 1 heterocycles. The van der Waals surface area contributed by atoms with Crippen LogP contribution in [0.3, 0.4) is 0 Å². The second kappa shape index (κ2) is 12.8. The Bertz CT molecular complexity index is 1540. The first-order valence-corrected chi connectivity index (χ1v) is 15.9. The van der Waals surface area contributed by atoms with Gasteiger partial charge < -0.3 is 4.74 Å². The van der Waals surface area contributed by atoms with Crippen molar-refractivity contribution < 1.29 is 28.7 Å². The highest BCUT2D eigenvalue weighted by Gasteiger charge is 2.54. The van der Waals surface area contributed by atoms with Gasteiger partial charge in [0, 0.05) is 19.7 Å². The number of hydrogen-bond acceptors (Lipinski definition) is 6. The molecule has 42 heavy (non-hydrogen) atoms. The average molecular weight is 782 g/mol. The SMILES string of the molecule is O=C(CN(C(=O)c1ccccc1Cl)N1C(=O)[C@H]2C[C@H](Br)[C@@H](Br)C[C@H]2C1=O)c1ccc(OC(=O)c2ccc(Br)cc2)cc1. The Morgan fingerprint density at radius 1 is 0.833 bits per heavy atom. The number of benzene rings is 3. The summed E-state index contributed by atoms with van der Waals surface area (Å²) in [7, 11) is 0. The second-order valence-electron chi connectivity index (χ2n) is 9.89. The third-order valence-electron chi connectivity index (χ3n) is 7.23. The van der Waals surface area contributed by atoms with Crippen molar-refractivity contribution >= 4 is 88.9 Å². The number of alkyl halides is 2. The molecule has 0 bridgehead atoms. The largest absolute Gasteiger partial charge is 0.423 e. The molecular formula is C30H22Br3ClN2O6. The van der Waals surface area contributed by atoms with Crippen LogP contribution < -0.4 is 4.74 Å². The van der Waals surface area contributed by atoms with E-state index in [-0.39, 0.29) is 31.6 Å². The monoisotopic (exact) mass is 778 g/mol. The first kappa shape index (κ1) is 30.6. The summed E-state index contributed by atoms with van der Waals surface area (Å²) >= 11 is 16.7. The lowest BCUT2D eigenvalue weighted by Gasteiger charge is -2.30. The van der Waals surface area contributed by atoms with E-state index in [9.17, 15) is 24.0 Å². The van der Waals surface area contributed by atoms with Crippen LogP contribution in [0.5, 0.6) is 5.75 Å². The van der Waals surface area contributed by atoms with Gasteiger partial charge in [0.25, 0.3) is 17.7 Å². The van der Waals surface area contributed by atoms with Crippen LogP contribution in [-0.2, 0) is 9.59 Å². The lowest BCUT2D eigenvalue weighted by molar-refractivity contribution is -0.154. The van der Waals surface area contributed by atoms with Gasteiger partial charge in [-0.1, -0.05) is 71.5 Å². The van der Waals surface area contributed by atoms with E-state index in [4.69, 9.17) is 16.3 Å². The van der Waals surface area contributed by atoms with E-state index < -0.39 is 47.9 Å².